The van der Waals surface area contributed by atoms with Crippen molar-refractivity contribution in [2.75, 3.05) is 0 Å². The molecule has 2 aromatic carbocycles. The standard InChI is InChI=1S/C16H18O/c1-3-12(2)10-16(17)15-9-8-13-6-4-5-7-14(13)11-15/h4-9,11-12H,3,10H2,1-2H3. The number of hydrogen-bond acceptors (Lipinski definition) is 1. The summed E-state index contributed by atoms with van der Waals surface area (Å²) in [6.07, 6.45) is 1.70. The quantitative estimate of drug-likeness (QED) is 0.703. The number of hydrogen-bond donors (Lipinski definition) is 0. The second-order valence-corrected chi connectivity index (χ2v) is 4.70. The van der Waals surface area contributed by atoms with Crippen LogP contribution in [0.5, 0.6) is 0 Å². The Bertz CT molecular complexity index is 528. The molecule has 2 aromatic rings. The lowest BCUT2D eigenvalue weighted by Gasteiger charge is -2.07. The fraction of sp³-hybridized carbons (Fsp3) is 0.312. The third-order valence-electron chi connectivity index (χ3n) is 3.30. The summed E-state index contributed by atoms with van der Waals surface area (Å²) in [7, 11) is 0. The van der Waals surface area contributed by atoms with Gasteiger partial charge in [-0.2, -0.15) is 0 Å². The molecule has 1 heteroatoms. The van der Waals surface area contributed by atoms with Crippen molar-refractivity contribution in [2.24, 2.45) is 5.92 Å². The zero-order valence-electron chi connectivity index (χ0n) is 10.4. The van der Waals surface area contributed by atoms with E-state index in [1.165, 1.54) is 5.39 Å². The van der Waals surface area contributed by atoms with Gasteiger partial charge in [-0.15, -0.1) is 0 Å². The van der Waals surface area contributed by atoms with Crippen LogP contribution in [-0.4, -0.2) is 5.78 Å². The van der Waals surface area contributed by atoms with Crippen molar-refractivity contribution < 1.29 is 4.79 Å². The van der Waals surface area contributed by atoms with Crippen molar-refractivity contribution in [2.45, 2.75) is 26.7 Å². The second-order valence-electron chi connectivity index (χ2n) is 4.70. The van der Waals surface area contributed by atoms with Gasteiger partial charge in [0.05, 0.1) is 0 Å². The number of ketones is 1. The molecule has 0 fully saturated rings. The Kier molecular flexibility index (Phi) is 3.58. The van der Waals surface area contributed by atoms with Gasteiger partial charge in [0.2, 0.25) is 0 Å². The van der Waals surface area contributed by atoms with E-state index in [4.69, 9.17) is 0 Å². The van der Waals surface area contributed by atoms with E-state index in [-0.39, 0.29) is 5.78 Å². The molecule has 0 radical (unpaired) electrons. The van der Waals surface area contributed by atoms with E-state index >= 15 is 0 Å². The molecule has 0 aliphatic carbocycles. The van der Waals surface area contributed by atoms with E-state index < -0.39 is 0 Å². The number of carbonyl (C=O) groups excluding carboxylic acids is 1. The minimum absolute atomic E-state index is 0.255. The van der Waals surface area contributed by atoms with Gasteiger partial charge in [-0.05, 0) is 22.8 Å². The second kappa shape index (κ2) is 5.13. The smallest absolute Gasteiger partial charge is 0.163 e. The average Bonchev–Trinajstić information content (AvgIpc) is 2.38. The number of Topliss-reactive ketones (excluding diaryl/α,β-unsaturated/α-hetero) is 1. The monoisotopic (exact) mass is 226 g/mol. The summed E-state index contributed by atoms with van der Waals surface area (Å²) in [6.45, 7) is 4.25. The van der Waals surface area contributed by atoms with Crippen molar-refractivity contribution in [3.05, 3.63) is 48.0 Å². The van der Waals surface area contributed by atoms with Crippen LogP contribution in [0.15, 0.2) is 42.5 Å². The highest BCUT2D eigenvalue weighted by Gasteiger charge is 2.10. The van der Waals surface area contributed by atoms with Gasteiger partial charge in [-0.3, -0.25) is 4.79 Å². The van der Waals surface area contributed by atoms with E-state index in [1.54, 1.807) is 0 Å². The maximum absolute atomic E-state index is 12.1. The SMILES string of the molecule is CCC(C)CC(=O)c1ccc2ccccc2c1. The van der Waals surface area contributed by atoms with Crippen molar-refractivity contribution in [1.82, 2.24) is 0 Å². The average molecular weight is 226 g/mol. The molecule has 88 valence electrons. The summed E-state index contributed by atoms with van der Waals surface area (Å²) in [5.41, 5.74) is 0.837. The van der Waals surface area contributed by atoms with Gasteiger partial charge in [-0.1, -0.05) is 56.7 Å². The lowest BCUT2D eigenvalue weighted by Crippen LogP contribution is -2.05. The summed E-state index contributed by atoms with van der Waals surface area (Å²) in [4.78, 5) is 12.1. The lowest BCUT2D eigenvalue weighted by molar-refractivity contribution is 0.0964. The van der Waals surface area contributed by atoms with E-state index in [2.05, 4.69) is 26.0 Å². The highest BCUT2D eigenvalue weighted by Crippen LogP contribution is 2.18. The maximum Gasteiger partial charge on any atom is 0.163 e. The van der Waals surface area contributed by atoms with Crippen molar-refractivity contribution in [1.29, 1.82) is 0 Å². The normalized spacial score (nSPS) is 12.6. The highest BCUT2D eigenvalue weighted by atomic mass is 16.1. The number of carbonyl (C=O) groups is 1. The molecule has 1 unspecified atom stereocenters. The fourth-order valence-electron chi connectivity index (χ4n) is 1.94. The van der Waals surface area contributed by atoms with Gasteiger partial charge in [-0.25, -0.2) is 0 Å². The van der Waals surface area contributed by atoms with E-state index in [1.807, 2.05) is 30.3 Å². The molecule has 0 saturated heterocycles. The zero-order valence-corrected chi connectivity index (χ0v) is 10.4. The molecule has 0 saturated carbocycles. The zero-order chi connectivity index (χ0) is 12.3. The predicted molar refractivity (Wildman–Crippen MR) is 72.4 cm³/mol. The summed E-state index contributed by atoms with van der Waals surface area (Å²) >= 11 is 0. The predicted octanol–water partition coefficient (Wildman–Crippen LogP) is 4.46. The maximum atomic E-state index is 12.1. The Morgan fingerprint density at radius 2 is 1.82 bits per heavy atom. The van der Waals surface area contributed by atoms with Gasteiger partial charge in [0.1, 0.15) is 0 Å². The highest BCUT2D eigenvalue weighted by molar-refractivity contribution is 6.00. The van der Waals surface area contributed by atoms with Crippen LogP contribution < -0.4 is 0 Å². The van der Waals surface area contributed by atoms with E-state index in [0.717, 1.165) is 17.4 Å². The summed E-state index contributed by atoms with van der Waals surface area (Å²) < 4.78 is 0. The third kappa shape index (κ3) is 2.73. The molecule has 0 aliphatic heterocycles. The molecule has 0 bridgehead atoms. The van der Waals surface area contributed by atoms with Crippen LogP contribution >= 0.6 is 0 Å². The first-order valence-corrected chi connectivity index (χ1v) is 6.22. The lowest BCUT2D eigenvalue weighted by atomic mass is 9.96. The Balaban J connectivity index is 2.27. The van der Waals surface area contributed by atoms with E-state index in [0.29, 0.717) is 12.3 Å². The number of fused-ring (bicyclic) bond motifs is 1. The molecule has 1 atom stereocenters. The Hall–Kier alpha value is -1.63. The van der Waals surface area contributed by atoms with Gasteiger partial charge in [0.25, 0.3) is 0 Å². The summed E-state index contributed by atoms with van der Waals surface area (Å²) in [5, 5.41) is 2.33. The molecule has 17 heavy (non-hydrogen) atoms. The molecule has 0 amide bonds. The Morgan fingerprint density at radius 3 is 2.53 bits per heavy atom. The Labute approximate surface area is 102 Å². The first-order chi connectivity index (χ1) is 8.20. The molecule has 0 aromatic heterocycles. The van der Waals surface area contributed by atoms with Gasteiger partial charge in [0, 0.05) is 12.0 Å². The first-order valence-electron chi connectivity index (χ1n) is 6.22. The minimum Gasteiger partial charge on any atom is -0.294 e. The van der Waals surface area contributed by atoms with E-state index in [9.17, 15) is 4.79 Å². The third-order valence-corrected chi connectivity index (χ3v) is 3.30. The summed E-state index contributed by atoms with van der Waals surface area (Å²) in [5.74, 6) is 0.721. The van der Waals surface area contributed by atoms with Gasteiger partial charge >= 0.3 is 0 Å². The van der Waals surface area contributed by atoms with Crippen LogP contribution in [0, 0.1) is 5.92 Å². The molecule has 0 aliphatic rings. The minimum atomic E-state index is 0.255. The van der Waals surface area contributed by atoms with Crippen LogP contribution in [0.25, 0.3) is 10.8 Å². The van der Waals surface area contributed by atoms with Crippen molar-refractivity contribution >= 4 is 16.6 Å². The molecule has 2 rings (SSSR count). The topological polar surface area (TPSA) is 17.1 Å². The Morgan fingerprint density at radius 1 is 1.12 bits per heavy atom. The van der Waals surface area contributed by atoms with Crippen LogP contribution in [-0.2, 0) is 0 Å². The molecular formula is C16H18O. The van der Waals surface area contributed by atoms with Crippen LogP contribution in [0.1, 0.15) is 37.0 Å². The number of rotatable bonds is 4. The first kappa shape index (κ1) is 11.8. The molecule has 0 spiro atoms. The van der Waals surface area contributed by atoms with Crippen LogP contribution in [0.3, 0.4) is 0 Å². The van der Waals surface area contributed by atoms with Crippen molar-refractivity contribution in [3.8, 4) is 0 Å². The summed E-state index contributed by atoms with van der Waals surface area (Å²) in [6, 6.07) is 14.1. The van der Waals surface area contributed by atoms with Crippen LogP contribution in [0.4, 0.5) is 0 Å². The molecule has 0 heterocycles. The van der Waals surface area contributed by atoms with Crippen molar-refractivity contribution in [3.63, 3.8) is 0 Å². The van der Waals surface area contributed by atoms with Crippen LogP contribution in [0.2, 0.25) is 0 Å². The fourth-order valence-corrected chi connectivity index (χ4v) is 1.94. The van der Waals surface area contributed by atoms with Gasteiger partial charge < -0.3 is 0 Å². The largest absolute Gasteiger partial charge is 0.294 e. The number of benzene rings is 2. The molecule has 1 nitrogen and oxygen atoms in total. The molecular weight excluding hydrogens is 208 g/mol. The molecule has 0 N–H and O–H groups in total. The van der Waals surface area contributed by atoms with Gasteiger partial charge in [0.15, 0.2) is 5.78 Å².